The van der Waals surface area contributed by atoms with Gasteiger partial charge in [0.15, 0.2) is 0 Å². The first kappa shape index (κ1) is 16.5. The molecule has 0 atom stereocenters. The van der Waals surface area contributed by atoms with Gasteiger partial charge in [0.1, 0.15) is 6.54 Å². The van der Waals surface area contributed by atoms with Crippen molar-refractivity contribution in [2.24, 2.45) is 5.92 Å². The van der Waals surface area contributed by atoms with Crippen molar-refractivity contribution in [3.8, 4) is 0 Å². The van der Waals surface area contributed by atoms with E-state index in [1.165, 1.54) is 16.8 Å². The van der Waals surface area contributed by atoms with Crippen molar-refractivity contribution in [1.29, 1.82) is 0 Å². The Bertz CT molecular complexity index is 612. The summed E-state index contributed by atoms with van der Waals surface area (Å²) in [4.78, 5) is 38.7. The fourth-order valence-corrected chi connectivity index (χ4v) is 2.41. The number of nitrogens with one attached hydrogen (secondary N) is 1. The Morgan fingerprint density at radius 1 is 1.36 bits per heavy atom. The van der Waals surface area contributed by atoms with Crippen molar-refractivity contribution >= 4 is 5.91 Å². The molecule has 122 valence electrons. The number of ether oxygens (including phenoxy) is 1. The van der Waals surface area contributed by atoms with Crippen molar-refractivity contribution in [3.05, 3.63) is 33.1 Å². The average molecular weight is 309 g/mol. The molecular formula is C15H23N3O4. The van der Waals surface area contributed by atoms with Gasteiger partial charge >= 0.3 is 5.69 Å². The van der Waals surface area contributed by atoms with E-state index in [0.29, 0.717) is 19.0 Å². The predicted octanol–water partition coefficient (Wildman–Crippen LogP) is 0.200. The van der Waals surface area contributed by atoms with Crippen LogP contribution in [0, 0.1) is 5.92 Å². The van der Waals surface area contributed by atoms with E-state index < -0.39 is 11.2 Å². The Balaban J connectivity index is 1.85. The zero-order valence-corrected chi connectivity index (χ0v) is 13.1. The zero-order valence-electron chi connectivity index (χ0n) is 13.1. The molecule has 2 rings (SSSR count). The maximum atomic E-state index is 12.2. The second-order valence-corrected chi connectivity index (χ2v) is 6.05. The SMILES string of the molecule is CC(C)COC1CCN(C(=O)Cn2ccc(=O)[nH]c2=O)CC1. The monoisotopic (exact) mass is 309 g/mol. The highest BCUT2D eigenvalue weighted by molar-refractivity contribution is 5.76. The number of nitrogens with zero attached hydrogens (tertiary/aromatic N) is 2. The molecular weight excluding hydrogens is 286 g/mol. The van der Waals surface area contributed by atoms with E-state index in [4.69, 9.17) is 4.74 Å². The first-order valence-corrected chi connectivity index (χ1v) is 7.65. The number of piperidine rings is 1. The summed E-state index contributed by atoms with van der Waals surface area (Å²) in [5.41, 5.74) is -1.02. The molecule has 0 aromatic carbocycles. The van der Waals surface area contributed by atoms with Crippen LogP contribution in [0.15, 0.2) is 21.9 Å². The second-order valence-electron chi connectivity index (χ2n) is 6.05. The van der Waals surface area contributed by atoms with Crippen molar-refractivity contribution < 1.29 is 9.53 Å². The van der Waals surface area contributed by atoms with Crippen LogP contribution in [0.2, 0.25) is 0 Å². The zero-order chi connectivity index (χ0) is 16.1. The molecule has 1 aliphatic heterocycles. The molecule has 7 nitrogen and oxygen atoms in total. The van der Waals surface area contributed by atoms with Gasteiger partial charge in [0.2, 0.25) is 5.91 Å². The van der Waals surface area contributed by atoms with Gasteiger partial charge in [-0.25, -0.2) is 4.79 Å². The van der Waals surface area contributed by atoms with E-state index in [2.05, 4.69) is 18.8 Å². The Morgan fingerprint density at radius 2 is 2.05 bits per heavy atom. The van der Waals surface area contributed by atoms with Crippen LogP contribution in [0.5, 0.6) is 0 Å². The van der Waals surface area contributed by atoms with Crippen LogP contribution in [0.25, 0.3) is 0 Å². The quantitative estimate of drug-likeness (QED) is 0.842. The summed E-state index contributed by atoms with van der Waals surface area (Å²) < 4.78 is 7.00. The third-order valence-electron chi connectivity index (χ3n) is 3.66. The first-order valence-electron chi connectivity index (χ1n) is 7.65. The maximum Gasteiger partial charge on any atom is 0.328 e. The van der Waals surface area contributed by atoms with Gasteiger partial charge in [-0.05, 0) is 18.8 Å². The van der Waals surface area contributed by atoms with Crippen LogP contribution in [0.4, 0.5) is 0 Å². The number of rotatable bonds is 5. The van der Waals surface area contributed by atoms with E-state index in [9.17, 15) is 14.4 Å². The number of aromatic amines is 1. The van der Waals surface area contributed by atoms with Crippen molar-refractivity contribution in [1.82, 2.24) is 14.5 Å². The molecule has 1 N–H and O–H groups in total. The molecule has 1 saturated heterocycles. The summed E-state index contributed by atoms with van der Waals surface area (Å²) in [7, 11) is 0. The Labute approximate surface area is 128 Å². The number of hydrogen-bond donors (Lipinski definition) is 1. The number of H-pyrrole nitrogens is 1. The standard InChI is InChI=1S/C15H23N3O4/c1-11(2)10-22-12-3-6-17(7-4-12)14(20)9-18-8-5-13(19)16-15(18)21/h5,8,11-12H,3-4,6-7,9-10H2,1-2H3,(H,16,19,21). The summed E-state index contributed by atoms with van der Waals surface area (Å²) in [6.07, 6.45) is 3.19. The van der Waals surface area contributed by atoms with Gasteiger partial charge < -0.3 is 9.64 Å². The number of amides is 1. The van der Waals surface area contributed by atoms with Crippen LogP contribution < -0.4 is 11.2 Å². The van der Waals surface area contributed by atoms with E-state index in [1.54, 1.807) is 4.90 Å². The smallest absolute Gasteiger partial charge is 0.328 e. The highest BCUT2D eigenvalue weighted by atomic mass is 16.5. The summed E-state index contributed by atoms with van der Waals surface area (Å²) in [6, 6.07) is 1.24. The van der Waals surface area contributed by atoms with Crippen molar-refractivity contribution in [2.75, 3.05) is 19.7 Å². The van der Waals surface area contributed by atoms with Gasteiger partial charge in [-0.2, -0.15) is 0 Å². The summed E-state index contributed by atoms with van der Waals surface area (Å²) in [5, 5.41) is 0. The summed E-state index contributed by atoms with van der Waals surface area (Å²) in [5.74, 6) is 0.392. The Hall–Kier alpha value is -1.89. The third-order valence-corrected chi connectivity index (χ3v) is 3.66. The topological polar surface area (TPSA) is 84.4 Å². The summed E-state index contributed by atoms with van der Waals surface area (Å²) >= 11 is 0. The third kappa shape index (κ3) is 4.56. The van der Waals surface area contributed by atoms with Gasteiger partial charge in [0.25, 0.3) is 5.56 Å². The molecule has 0 saturated carbocycles. The molecule has 0 spiro atoms. The largest absolute Gasteiger partial charge is 0.378 e. The van der Waals surface area contributed by atoms with E-state index in [0.717, 1.165) is 19.4 Å². The molecule has 0 unspecified atom stereocenters. The lowest BCUT2D eigenvalue weighted by Crippen LogP contribution is -2.44. The number of carbonyl (C=O) groups excluding carboxylic acids is 1. The minimum absolute atomic E-state index is 0.0485. The Morgan fingerprint density at radius 3 is 2.64 bits per heavy atom. The fourth-order valence-electron chi connectivity index (χ4n) is 2.41. The van der Waals surface area contributed by atoms with Gasteiger partial charge in [-0.15, -0.1) is 0 Å². The molecule has 1 aromatic heterocycles. The Kier molecular flexibility index (Phi) is 5.54. The van der Waals surface area contributed by atoms with Gasteiger partial charge in [0, 0.05) is 32.0 Å². The number of carbonyl (C=O) groups is 1. The van der Waals surface area contributed by atoms with Crippen molar-refractivity contribution in [2.45, 2.75) is 39.3 Å². The lowest BCUT2D eigenvalue weighted by molar-refractivity contribution is -0.134. The van der Waals surface area contributed by atoms with Crippen LogP contribution in [0.3, 0.4) is 0 Å². The van der Waals surface area contributed by atoms with E-state index in [1.807, 2.05) is 0 Å². The molecule has 1 aliphatic rings. The predicted molar refractivity (Wildman–Crippen MR) is 81.7 cm³/mol. The normalized spacial score (nSPS) is 16.2. The summed E-state index contributed by atoms with van der Waals surface area (Å²) in [6.45, 7) is 6.19. The molecule has 1 aromatic rings. The molecule has 0 bridgehead atoms. The van der Waals surface area contributed by atoms with Crippen LogP contribution in [0.1, 0.15) is 26.7 Å². The fraction of sp³-hybridized carbons (Fsp3) is 0.667. The highest BCUT2D eigenvalue weighted by Gasteiger charge is 2.23. The molecule has 7 heteroatoms. The molecule has 2 heterocycles. The molecule has 1 fully saturated rings. The number of hydrogen-bond acceptors (Lipinski definition) is 4. The van der Waals surface area contributed by atoms with Crippen molar-refractivity contribution in [3.63, 3.8) is 0 Å². The van der Waals surface area contributed by atoms with Crippen LogP contribution >= 0.6 is 0 Å². The minimum Gasteiger partial charge on any atom is -0.378 e. The molecule has 0 aliphatic carbocycles. The molecule has 1 amide bonds. The van der Waals surface area contributed by atoms with Gasteiger partial charge in [0.05, 0.1) is 6.10 Å². The molecule has 22 heavy (non-hydrogen) atoms. The van der Waals surface area contributed by atoms with Crippen LogP contribution in [-0.2, 0) is 16.1 Å². The molecule has 0 radical (unpaired) electrons. The second kappa shape index (κ2) is 7.40. The lowest BCUT2D eigenvalue weighted by atomic mass is 10.1. The average Bonchev–Trinajstić information content (AvgIpc) is 2.48. The lowest BCUT2D eigenvalue weighted by Gasteiger charge is -2.32. The van der Waals surface area contributed by atoms with Gasteiger partial charge in [-0.3, -0.25) is 19.1 Å². The van der Waals surface area contributed by atoms with E-state index >= 15 is 0 Å². The first-order chi connectivity index (χ1) is 10.5. The number of likely N-dealkylation sites (tertiary alicyclic amines) is 1. The highest BCUT2D eigenvalue weighted by Crippen LogP contribution is 2.15. The number of aromatic nitrogens is 2. The van der Waals surface area contributed by atoms with Gasteiger partial charge in [-0.1, -0.05) is 13.8 Å². The van der Waals surface area contributed by atoms with Crippen LogP contribution in [-0.4, -0.2) is 46.2 Å². The minimum atomic E-state index is -0.559. The maximum absolute atomic E-state index is 12.2. The van der Waals surface area contributed by atoms with E-state index in [-0.39, 0.29) is 18.6 Å².